The molecule has 3 aromatic rings. The number of ether oxygens (including phenoxy) is 3. The van der Waals surface area contributed by atoms with Crippen LogP contribution in [-0.4, -0.2) is 47.9 Å². The topological polar surface area (TPSA) is 111 Å². The highest BCUT2D eigenvalue weighted by atomic mass is 16.5. The van der Waals surface area contributed by atoms with Gasteiger partial charge in [-0.05, 0) is 30.2 Å². The standard InChI is InChI=1S/C19H21N5O4/c1-26-15-7-5-4-6-12(15)10-14(18-21-23-24-22-18)19(25)20-13-8-9-16(27-2)17(11-13)28-3/h4-9,11,14H,10H2,1-3H3,(H,20,25)(H,21,22,23,24). The van der Waals surface area contributed by atoms with Crippen molar-refractivity contribution >= 4 is 11.6 Å². The van der Waals surface area contributed by atoms with Crippen LogP contribution in [0.3, 0.4) is 0 Å². The largest absolute Gasteiger partial charge is 0.496 e. The van der Waals surface area contributed by atoms with Crippen molar-refractivity contribution in [2.45, 2.75) is 12.3 Å². The summed E-state index contributed by atoms with van der Waals surface area (Å²) in [5.41, 5.74) is 1.43. The van der Waals surface area contributed by atoms with Gasteiger partial charge in [0.15, 0.2) is 17.3 Å². The Bertz CT molecular complexity index is 930. The van der Waals surface area contributed by atoms with Crippen LogP contribution in [0, 0.1) is 0 Å². The number of H-pyrrole nitrogens is 1. The maximum Gasteiger partial charge on any atom is 0.235 e. The number of nitrogens with zero attached hydrogens (tertiary/aromatic N) is 3. The highest BCUT2D eigenvalue weighted by Crippen LogP contribution is 2.31. The number of carbonyl (C=O) groups excluding carboxylic acids is 1. The van der Waals surface area contributed by atoms with Crippen molar-refractivity contribution < 1.29 is 19.0 Å². The van der Waals surface area contributed by atoms with Crippen LogP contribution < -0.4 is 19.5 Å². The van der Waals surface area contributed by atoms with E-state index in [-0.39, 0.29) is 5.91 Å². The number of methoxy groups -OCH3 is 3. The van der Waals surface area contributed by atoms with E-state index in [2.05, 4.69) is 25.9 Å². The molecule has 1 unspecified atom stereocenters. The summed E-state index contributed by atoms with van der Waals surface area (Å²) in [6, 6.07) is 12.6. The van der Waals surface area contributed by atoms with Crippen molar-refractivity contribution in [1.29, 1.82) is 0 Å². The van der Waals surface area contributed by atoms with E-state index < -0.39 is 5.92 Å². The van der Waals surface area contributed by atoms with Crippen LogP contribution in [0.25, 0.3) is 0 Å². The Morgan fingerprint density at radius 2 is 1.79 bits per heavy atom. The van der Waals surface area contributed by atoms with Gasteiger partial charge in [0.25, 0.3) is 0 Å². The number of rotatable bonds is 8. The first-order chi connectivity index (χ1) is 13.7. The minimum atomic E-state index is -0.664. The number of hydrogen-bond donors (Lipinski definition) is 2. The first-order valence-electron chi connectivity index (χ1n) is 8.54. The van der Waals surface area contributed by atoms with E-state index in [4.69, 9.17) is 14.2 Å². The molecule has 0 aliphatic carbocycles. The number of tetrazole rings is 1. The second kappa shape index (κ2) is 8.85. The monoisotopic (exact) mass is 383 g/mol. The second-order valence-corrected chi connectivity index (χ2v) is 5.90. The molecular formula is C19H21N5O4. The molecule has 1 aromatic heterocycles. The third-order valence-corrected chi connectivity index (χ3v) is 4.26. The molecule has 146 valence electrons. The van der Waals surface area contributed by atoms with E-state index in [1.165, 1.54) is 7.11 Å². The lowest BCUT2D eigenvalue weighted by Gasteiger charge is -2.16. The molecule has 28 heavy (non-hydrogen) atoms. The fourth-order valence-electron chi connectivity index (χ4n) is 2.85. The summed E-state index contributed by atoms with van der Waals surface area (Å²) >= 11 is 0. The van der Waals surface area contributed by atoms with Crippen LogP contribution in [0.15, 0.2) is 42.5 Å². The van der Waals surface area contributed by atoms with Crippen LogP contribution >= 0.6 is 0 Å². The van der Waals surface area contributed by atoms with Gasteiger partial charge in [-0.15, -0.1) is 10.2 Å². The molecule has 0 aliphatic rings. The van der Waals surface area contributed by atoms with Crippen LogP contribution in [0.4, 0.5) is 5.69 Å². The second-order valence-electron chi connectivity index (χ2n) is 5.90. The number of nitrogens with one attached hydrogen (secondary N) is 2. The third kappa shape index (κ3) is 4.20. The Hall–Kier alpha value is -3.62. The van der Waals surface area contributed by atoms with Gasteiger partial charge in [-0.1, -0.05) is 23.4 Å². The number of aromatic nitrogens is 4. The number of carbonyl (C=O) groups is 1. The first kappa shape index (κ1) is 19.2. The van der Waals surface area contributed by atoms with Gasteiger partial charge in [-0.3, -0.25) is 4.79 Å². The SMILES string of the molecule is COc1ccccc1CC(C(=O)Nc1ccc(OC)c(OC)c1)c1nn[nH]n1. The normalized spacial score (nSPS) is 11.5. The van der Waals surface area contributed by atoms with Crippen molar-refractivity contribution in [2.75, 3.05) is 26.6 Å². The number of amides is 1. The number of hydrogen-bond acceptors (Lipinski definition) is 7. The summed E-state index contributed by atoms with van der Waals surface area (Å²) in [6.45, 7) is 0. The van der Waals surface area contributed by atoms with Crippen molar-refractivity contribution in [3.8, 4) is 17.2 Å². The zero-order valence-electron chi connectivity index (χ0n) is 15.8. The Morgan fingerprint density at radius 1 is 1.04 bits per heavy atom. The predicted molar refractivity (Wildman–Crippen MR) is 102 cm³/mol. The lowest BCUT2D eigenvalue weighted by Crippen LogP contribution is -2.24. The molecule has 0 fully saturated rings. The molecule has 3 rings (SSSR count). The molecule has 9 heteroatoms. The predicted octanol–water partition coefficient (Wildman–Crippen LogP) is 2.19. The molecular weight excluding hydrogens is 362 g/mol. The molecule has 2 aromatic carbocycles. The molecule has 0 bridgehead atoms. The van der Waals surface area contributed by atoms with Crippen molar-refractivity contribution in [3.63, 3.8) is 0 Å². The fraction of sp³-hybridized carbons (Fsp3) is 0.263. The Balaban J connectivity index is 1.86. The fourth-order valence-corrected chi connectivity index (χ4v) is 2.85. The van der Waals surface area contributed by atoms with E-state index >= 15 is 0 Å². The van der Waals surface area contributed by atoms with Gasteiger partial charge in [0, 0.05) is 11.8 Å². The first-order valence-corrected chi connectivity index (χ1v) is 8.54. The molecule has 1 heterocycles. The van der Waals surface area contributed by atoms with Gasteiger partial charge >= 0.3 is 0 Å². The maximum absolute atomic E-state index is 13.0. The minimum absolute atomic E-state index is 0.278. The molecule has 9 nitrogen and oxygen atoms in total. The van der Waals surface area contributed by atoms with E-state index in [0.717, 1.165) is 5.56 Å². The summed E-state index contributed by atoms with van der Waals surface area (Å²) < 4.78 is 15.9. The van der Waals surface area contributed by atoms with Gasteiger partial charge in [0.1, 0.15) is 11.7 Å². The van der Waals surface area contributed by atoms with E-state index in [0.29, 0.717) is 35.2 Å². The van der Waals surface area contributed by atoms with Gasteiger partial charge < -0.3 is 19.5 Å². The molecule has 1 atom stereocenters. The Kier molecular flexibility index (Phi) is 6.05. The van der Waals surface area contributed by atoms with E-state index in [1.807, 2.05) is 24.3 Å². The molecule has 2 N–H and O–H groups in total. The Labute approximate surface area is 162 Å². The zero-order valence-corrected chi connectivity index (χ0v) is 15.8. The number of anilines is 1. The number of aromatic amines is 1. The van der Waals surface area contributed by atoms with E-state index in [9.17, 15) is 4.79 Å². The summed E-state index contributed by atoms with van der Waals surface area (Å²) in [5, 5.41) is 16.9. The molecule has 0 aliphatic heterocycles. The van der Waals surface area contributed by atoms with Crippen LogP contribution in [0.1, 0.15) is 17.3 Å². The van der Waals surface area contributed by atoms with Crippen LogP contribution in [0.5, 0.6) is 17.2 Å². The molecule has 1 amide bonds. The highest BCUT2D eigenvalue weighted by molar-refractivity contribution is 5.95. The van der Waals surface area contributed by atoms with Crippen molar-refractivity contribution in [3.05, 3.63) is 53.9 Å². The minimum Gasteiger partial charge on any atom is -0.496 e. The van der Waals surface area contributed by atoms with Crippen molar-refractivity contribution in [1.82, 2.24) is 20.6 Å². The average molecular weight is 383 g/mol. The molecule has 0 saturated heterocycles. The van der Waals surface area contributed by atoms with Gasteiger partial charge in [0.05, 0.1) is 21.3 Å². The summed E-state index contributed by atoms with van der Waals surface area (Å²) in [4.78, 5) is 13.0. The molecule has 0 radical (unpaired) electrons. The van der Waals surface area contributed by atoms with Gasteiger partial charge in [-0.2, -0.15) is 5.21 Å². The summed E-state index contributed by atoms with van der Waals surface area (Å²) in [7, 11) is 4.68. The summed E-state index contributed by atoms with van der Waals surface area (Å²) in [6.07, 6.45) is 0.350. The van der Waals surface area contributed by atoms with Crippen LogP contribution in [-0.2, 0) is 11.2 Å². The maximum atomic E-state index is 13.0. The van der Waals surface area contributed by atoms with Crippen LogP contribution in [0.2, 0.25) is 0 Å². The van der Waals surface area contributed by atoms with E-state index in [1.54, 1.807) is 32.4 Å². The lowest BCUT2D eigenvalue weighted by molar-refractivity contribution is -0.117. The smallest absolute Gasteiger partial charge is 0.235 e. The lowest BCUT2D eigenvalue weighted by atomic mass is 9.97. The number of para-hydroxylation sites is 1. The zero-order chi connectivity index (χ0) is 19.9. The molecule has 0 spiro atoms. The van der Waals surface area contributed by atoms with Crippen molar-refractivity contribution in [2.24, 2.45) is 0 Å². The van der Waals surface area contributed by atoms with Gasteiger partial charge in [0.2, 0.25) is 5.91 Å². The Morgan fingerprint density at radius 3 is 2.46 bits per heavy atom. The average Bonchev–Trinajstić information content (AvgIpc) is 3.26. The summed E-state index contributed by atoms with van der Waals surface area (Å²) in [5.74, 6) is 1.13. The number of benzene rings is 2. The third-order valence-electron chi connectivity index (χ3n) is 4.26. The molecule has 0 saturated carbocycles. The quantitative estimate of drug-likeness (QED) is 0.613. The van der Waals surface area contributed by atoms with Gasteiger partial charge in [-0.25, -0.2) is 0 Å². The highest BCUT2D eigenvalue weighted by Gasteiger charge is 2.27.